The fourth-order valence-electron chi connectivity index (χ4n) is 2.92. The number of fused-ring (bicyclic) bond motifs is 2. The maximum Gasteiger partial charge on any atom is 0.244 e. The minimum atomic E-state index is -0.260. The van der Waals surface area contributed by atoms with E-state index in [4.69, 9.17) is 4.74 Å². The first-order valence-corrected chi connectivity index (χ1v) is 6.68. The fourth-order valence-corrected chi connectivity index (χ4v) is 2.92. The van der Waals surface area contributed by atoms with Crippen molar-refractivity contribution >= 4 is 0 Å². The predicted molar refractivity (Wildman–Crippen MR) is 74.1 cm³/mol. The van der Waals surface area contributed by atoms with Gasteiger partial charge >= 0.3 is 0 Å². The first-order valence-electron chi connectivity index (χ1n) is 6.68. The highest BCUT2D eigenvalue weighted by molar-refractivity contribution is 5.56. The van der Waals surface area contributed by atoms with Gasteiger partial charge in [-0.25, -0.2) is 4.39 Å². The Hall–Kier alpha value is -2.63. The maximum atomic E-state index is 13.6. The van der Waals surface area contributed by atoms with Crippen molar-refractivity contribution < 1.29 is 9.13 Å². The van der Waals surface area contributed by atoms with Crippen molar-refractivity contribution in [2.45, 2.75) is 19.8 Å². The first-order chi connectivity index (χ1) is 10.1. The van der Waals surface area contributed by atoms with Gasteiger partial charge in [-0.2, -0.15) is 0 Å². The van der Waals surface area contributed by atoms with Crippen LogP contribution in [-0.4, -0.2) is 20.4 Å². The molecule has 0 aliphatic carbocycles. The van der Waals surface area contributed by atoms with Crippen molar-refractivity contribution in [3.05, 3.63) is 58.2 Å². The number of aryl methyl sites for hydroxylation is 2. The number of halogens is 1. The molecule has 0 spiro atoms. The number of nitrogens with one attached hydrogen (secondary N) is 2. The second kappa shape index (κ2) is 4.18. The van der Waals surface area contributed by atoms with Gasteiger partial charge in [-0.15, -0.1) is 10.2 Å². The van der Waals surface area contributed by atoms with Crippen LogP contribution in [0.5, 0.6) is 11.8 Å². The molecule has 21 heavy (non-hydrogen) atoms. The van der Waals surface area contributed by atoms with Crippen LogP contribution in [0.2, 0.25) is 0 Å². The van der Waals surface area contributed by atoms with E-state index in [-0.39, 0.29) is 11.7 Å². The van der Waals surface area contributed by atoms with Gasteiger partial charge in [0.1, 0.15) is 5.82 Å². The quantitative estimate of drug-likeness (QED) is 0.564. The largest absolute Gasteiger partial charge is 0.417 e. The molecule has 0 amide bonds. The van der Waals surface area contributed by atoms with E-state index in [1.54, 1.807) is 12.1 Å². The number of ether oxygens (including phenoxy) is 1. The molecule has 3 aromatic rings. The number of rotatable bonds is 1. The topological polar surface area (TPSA) is 66.6 Å². The molecule has 0 saturated heterocycles. The molecule has 6 heteroatoms. The standard InChI is InChI=1S/C15H13FN4O/c1-7-11-13(9-4-3-5-10(16)6-9)12-8(2)18-20-15(12)21-14(11)19-17-7/h3-6,13H,1-2H3,(H,17,19)(H,18,20). The summed E-state index contributed by atoms with van der Waals surface area (Å²) in [6, 6.07) is 6.60. The lowest BCUT2D eigenvalue weighted by molar-refractivity contribution is 0.418. The van der Waals surface area contributed by atoms with Crippen LogP contribution in [0.15, 0.2) is 24.3 Å². The van der Waals surface area contributed by atoms with Gasteiger partial charge in [-0.3, -0.25) is 10.2 Å². The molecule has 2 N–H and O–H groups in total. The monoisotopic (exact) mass is 284 g/mol. The molecule has 0 saturated carbocycles. The zero-order chi connectivity index (χ0) is 14.6. The molecule has 106 valence electrons. The first kappa shape index (κ1) is 12.1. The van der Waals surface area contributed by atoms with E-state index in [1.165, 1.54) is 6.07 Å². The Kier molecular flexibility index (Phi) is 2.42. The molecule has 0 bridgehead atoms. The third kappa shape index (κ3) is 1.68. The number of aromatic amines is 2. The Morgan fingerprint density at radius 1 is 1.05 bits per heavy atom. The van der Waals surface area contributed by atoms with E-state index in [9.17, 15) is 4.39 Å². The Morgan fingerprint density at radius 3 is 2.24 bits per heavy atom. The minimum absolute atomic E-state index is 0.142. The van der Waals surface area contributed by atoms with Crippen molar-refractivity contribution in [3.63, 3.8) is 0 Å². The lowest BCUT2D eigenvalue weighted by Gasteiger charge is -2.23. The normalized spacial score (nSPS) is 13.7. The average Bonchev–Trinajstić information content (AvgIpc) is 3.02. The molecule has 0 atom stereocenters. The second-order valence-corrected chi connectivity index (χ2v) is 5.22. The van der Waals surface area contributed by atoms with Crippen LogP contribution in [0.4, 0.5) is 4.39 Å². The van der Waals surface area contributed by atoms with Crippen LogP contribution in [0.3, 0.4) is 0 Å². The average molecular weight is 284 g/mol. The molecule has 2 aromatic heterocycles. The van der Waals surface area contributed by atoms with E-state index in [0.29, 0.717) is 11.8 Å². The Balaban J connectivity index is 2.00. The third-order valence-corrected chi connectivity index (χ3v) is 3.87. The molecule has 4 rings (SSSR count). The van der Waals surface area contributed by atoms with Gasteiger partial charge in [0.15, 0.2) is 0 Å². The molecule has 1 aliphatic rings. The molecule has 0 unspecified atom stereocenters. The van der Waals surface area contributed by atoms with E-state index in [2.05, 4.69) is 20.4 Å². The summed E-state index contributed by atoms with van der Waals surface area (Å²) in [5, 5.41) is 14.2. The summed E-state index contributed by atoms with van der Waals surface area (Å²) in [7, 11) is 0. The lowest BCUT2D eigenvalue weighted by Crippen LogP contribution is -2.12. The van der Waals surface area contributed by atoms with Crippen molar-refractivity contribution in [2.75, 3.05) is 0 Å². The third-order valence-electron chi connectivity index (χ3n) is 3.87. The molecule has 1 aromatic carbocycles. The SMILES string of the molecule is Cc1[nH]nc2c1C(c1cccc(F)c1)c1c(n[nH]c1C)O2. The highest BCUT2D eigenvalue weighted by atomic mass is 19.1. The van der Waals surface area contributed by atoms with E-state index >= 15 is 0 Å². The summed E-state index contributed by atoms with van der Waals surface area (Å²) in [6.45, 7) is 3.86. The van der Waals surface area contributed by atoms with Crippen molar-refractivity contribution in [3.8, 4) is 11.8 Å². The number of benzene rings is 1. The van der Waals surface area contributed by atoms with Crippen LogP contribution < -0.4 is 4.74 Å². The number of aromatic nitrogens is 4. The van der Waals surface area contributed by atoms with Crippen LogP contribution in [-0.2, 0) is 0 Å². The molecular formula is C15H13FN4O. The second-order valence-electron chi connectivity index (χ2n) is 5.22. The highest BCUT2D eigenvalue weighted by Gasteiger charge is 2.35. The van der Waals surface area contributed by atoms with E-state index < -0.39 is 0 Å². The summed E-state index contributed by atoms with van der Waals surface area (Å²) in [5.41, 5.74) is 4.53. The molecule has 0 fully saturated rings. The Bertz CT molecular complexity index is 790. The summed E-state index contributed by atoms with van der Waals surface area (Å²) < 4.78 is 19.4. The smallest absolute Gasteiger partial charge is 0.244 e. The number of hydrogen-bond donors (Lipinski definition) is 2. The molecule has 1 aliphatic heterocycles. The highest BCUT2D eigenvalue weighted by Crippen LogP contribution is 2.47. The summed E-state index contributed by atoms with van der Waals surface area (Å²) in [4.78, 5) is 0. The zero-order valence-corrected chi connectivity index (χ0v) is 11.6. The molecule has 0 radical (unpaired) electrons. The summed E-state index contributed by atoms with van der Waals surface area (Å²) in [6.07, 6.45) is 0. The van der Waals surface area contributed by atoms with Crippen molar-refractivity contribution in [1.29, 1.82) is 0 Å². The summed E-state index contributed by atoms with van der Waals surface area (Å²) >= 11 is 0. The fraction of sp³-hybridized carbons (Fsp3) is 0.200. The van der Waals surface area contributed by atoms with Gasteiger partial charge in [-0.1, -0.05) is 12.1 Å². The Morgan fingerprint density at radius 2 is 1.67 bits per heavy atom. The van der Waals surface area contributed by atoms with Gasteiger partial charge in [0.05, 0.1) is 0 Å². The van der Waals surface area contributed by atoms with Crippen molar-refractivity contribution in [2.24, 2.45) is 0 Å². The van der Waals surface area contributed by atoms with Crippen LogP contribution in [0, 0.1) is 19.7 Å². The van der Waals surface area contributed by atoms with E-state index in [0.717, 1.165) is 28.1 Å². The lowest BCUT2D eigenvalue weighted by atomic mass is 9.84. The number of H-pyrrole nitrogens is 2. The molecule has 5 nitrogen and oxygen atoms in total. The van der Waals surface area contributed by atoms with Gasteiger partial charge in [0, 0.05) is 28.4 Å². The molecule has 3 heterocycles. The summed E-state index contributed by atoms with van der Waals surface area (Å²) in [5.74, 6) is 0.600. The van der Waals surface area contributed by atoms with Gasteiger partial charge < -0.3 is 4.74 Å². The van der Waals surface area contributed by atoms with Crippen LogP contribution in [0.25, 0.3) is 0 Å². The van der Waals surface area contributed by atoms with Crippen molar-refractivity contribution in [1.82, 2.24) is 20.4 Å². The van der Waals surface area contributed by atoms with Gasteiger partial charge in [0.25, 0.3) is 0 Å². The van der Waals surface area contributed by atoms with Crippen LogP contribution >= 0.6 is 0 Å². The van der Waals surface area contributed by atoms with E-state index in [1.807, 2.05) is 19.9 Å². The zero-order valence-electron chi connectivity index (χ0n) is 11.6. The minimum Gasteiger partial charge on any atom is -0.417 e. The number of nitrogens with zero attached hydrogens (tertiary/aromatic N) is 2. The van der Waals surface area contributed by atoms with Crippen LogP contribution in [0.1, 0.15) is 34.0 Å². The Labute approximate surface area is 120 Å². The van der Waals surface area contributed by atoms with Gasteiger partial charge in [-0.05, 0) is 31.5 Å². The van der Waals surface area contributed by atoms with Gasteiger partial charge in [0.2, 0.25) is 11.8 Å². The number of hydrogen-bond acceptors (Lipinski definition) is 3. The predicted octanol–water partition coefficient (Wildman–Crippen LogP) is 3.17. The molecular weight excluding hydrogens is 271 g/mol. The maximum absolute atomic E-state index is 13.6.